The number of carbonyl (C=O) groups excluding carboxylic acids is 1. The second kappa shape index (κ2) is 5.57. The highest BCUT2D eigenvalue weighted by molar-refractivity contribution is 5.92. The van der Waals surface area contributed by atoms with Crippen molar-refractivity contribution in [1.29, 1.82) is 0 Å². The van der Waals surface area contributed by atoms with Gasteiger partial charge in [0, 0.05) is 0 Å². The van der Waals surface area contributed by atoms with E-state index >= 15 is 0 Å². The molecular formula is C19H18O2. The number of methoxy groups -OCH3 is 1. The summed E-state index contributed by atoms with van der Waals surface area (Å²) in [5.74, 6) is -0.285. The molecule has 0 bridgehead atoms. The molecule has 106 valence electrons. The summed E-state index contributed by atoms with van der Waals surface area (Å²) in [5.41, 5.74) is 6.71. The summed E-state index contributed by atoms with van der Waals surface area (Å²) < 4.78 is 4.83. The van der Waals surface area contributed by atoms with Crippen molar-refractivity contribution in [3.05, 3.63) is 76.4 Å². The molecule has 0 N–H and O–H groups in total. The van der Waals surface area contributed by atoms with Crippen LogP contribution >= 0.6 is 0 Å². The first-order chi connectivity index (χ1) is 10.2. The minimum Gasteiger partial charge on any atom is -0.465 e. The number of benzene rings is 2. The van der Waals surface area contributed by atoms with E-state index in [2.05, 4.69) is 37.3 Å². The molecule has 0 fully saturated rings. The van der Waals surface area contributed by atoms with Gasteiger partial charge in [-0.3, -0.25) is 0 Å². The van der Waals surface area contributed by atoms with Crippen molar-refractivity contribution in [2.24, 2.45) is 0 Å². The third-order valence-electron chi connectivity index (χ3n) is 3.91. The van der Waals surface area contributed by atoms with E-state index in [0.29, 0.717) is 5.56 Å². The molecular weight excluding hydrogens is 260 g/mol. The van der Waals surface area contributed by atoms with Crippen LogP contribution in [0.2, 0.25) is 0 Å². The first kappa shape index (κ1) is 13.6. The highest BCUT2D eigenvalue weighted by Crippen LogP contribution is 2.32. The Bertz CT molecular complexity index is 726. The van der Waals surface area contributed by atoms with Gasteiger partial charge in [0.25, 0.3) is 0 Å². The van der Waals surface area contributed by atoms with Crippen LogP contribution in [-0.4, -0.2) is 13.1 Å². The molecule has 0 atom stereocenters. The van der Waals surface area contributed by atoms with Gasteiger partial charge in [-0.1, -0.05) is 42.0 Å². The van der Waals surface area contributed by atoms with Crippen LogP contribution in [0.3, 0.4) is 0 Å². The Morgan fingerprint density at radius 2 is 2.00 bits per heavy atom. The van der Waals surface area contributed by atoms with Gasteiger partial charge in [0.15, 0.2) is 0 Å². The molecule has 1 aliphatic rings. The topological polar surface area (TPSA) is 26.3 Å². The number of allylic oxidation sites excluding steroid dienone is 1. The van der Waals surface area contributed by atoms with E-state index in [1.807, 2.05) is 18.2 Å². The van der Waals surface area contributed by atoms with E-state index in [9.17, 15) is 4.79 Å². The molecule has 1 aliphatic carbocycles. The average molecular weight is 278 g/mol. The Morgan fingerprint density at radius 1 is 1.14 bits per heavy atom. The van der Waals surface area contributed by atoms with Crippen LogP contribution in [0.4, 0.5) is 0 Å². The number of ether oxygens (including phenoxy) is 1. The molecule has 0 spiro atoms. The average Bonchev–Trinajstić information content (AvgIpc) is 2.53. The maximum Gasteiger partial charge on any atom is 0.337 e. The molecule has 2 aromatic carbocycles. The fraction of sp³-hybridized carbons (Fsp3) is 0.211. The third-order valence-corrected chi connectivity index (χ3v) is 3.91. The van der Waals surface area contributed by atoms with E-state index in [0.717, 1.165) is 18.4 Å². The number of carbonyl (C=O) groups is 1. The largest absolute Gasteiger partial charge is 0.465 e. The lowest BCUT2D eigenvalue weighted by Crippen LogP contribution is -2.06. The number of esters is 1. The number of fused-ring (bicyclic) bond motifs is 1. The van der Waals surface area contributed by atoms with Gasteiger partial charge in [-0.05, 0) is 54.2 Å². The second-order valence-corrected chi connectivity index (χ2v) is 5.39. The molecule has 2 heteroatoms. The molecule has 0 aliphatic heterocycles. The molecule has 0 amide bonds. The van der Waals surface area contributed by atoms with Gasteiger partial charge >= 0.3 is 5.97 Å². The molecule has 0 radical (unpaired) electrons. The highest BCUT2D eigenvalue weighted by Gasteiger charge is 2.17. The first-order valence-corrected chi connectivity index (χ1v) is 7.18. The van der Waals surface area contributed by atoms with Crippen molar-refractivity contribution in [1.82, 2.24) is 0 Å². The van der Waals surface area contributed by atoms with Crippen molar-refractivity contribution in [3.63, 3.8) is 0 Å². The quantitative estimate of drug-likeness (QED) is 0.771. The minimum absolute atomic E-state index is 0.285. The zero-order chi connectivity index (χ0) is 14.8. The zero-order valence-electron chi connectivity index (χ0n) is 12.3. The lowest BCUT2D eigenvalue weighted by atomic mass is 9.85. The summed E-state index contributed by atoms with van der Waals surface area (Å²) in [6.45, 7) is 2.10. The molecule has 2 nitrogen and oxygen atoms in total. The lowest BCUT2D eigenvalue weighted by molar-refractivity contribution is 0.0600. The molecule has 21 heavy (non-hydrogen) atoms. The molecule has 0 heterocycles. The number of hydrogen-bond acceptors (Lipinski definition) is 2. The van der Waals surface area contributed by atoms with E-state index in [1.165, 1.54) is 29.4 Å². The number of aryl methyl sites for hydroxylation is 2. The van der Waals surface area contributed by atoms with Crippen LogP contribution in [0.25, 0.3) is 5.57 Å². The highest BCUT2D eigenvalue weighted by atomic mass is 16.5. The monoisotopic (exact) mass is 278 g/mol. The molecule has 0 aromatic heterocycles. The molecule has 3 rings (SSSR count). The van der Waals surface area contributed by atoms with E-state index < -0.39 is 0 Å². The van der Waals surface area contributed by atoms with Gasteiger partial charge in [-0.2, -0.15) is 0 Å². The third kappa shape index (κ3) is 2.62. The Kier molecular flexibility index (Phi) is 3.61. The summed E-state index contributed by atoms with van der Waals surface area (Å²) in [5, 5.41) is 0. The van der Waals surface area contributed by atoms with Gasteiger partial charge in [0.1, 0.15) is 0 Å². The lowest BCUT2D eigenvalue weighted by Gasteiger charge is -2.19. The van der Waals surface area contributed by atoms with Crippen LogP contribution in [0.15, 0.2) is 48.5 Å². The molecule has 2 aromatic rings. The van der Waals surface area contributed by atoms with Gasteiger partial charge in [-0.15, -0.1) is 0 Å². The maximum atomic E-state index is 11.8. The smallest absolute Gasteiger partial charge is 0.337 e. The predicted molar refractivity (Wildman–Crippen MR) is 84.4 cm³/mol. The van der Waals surface area contributed by atoms with Crippen molar-refractivity contribution in [3.8, 4) is 0 Å². The normalized spacial score (nSPS) is 13.3. The van der Waals surface area contributed by atoms with Gasteiger partial charge in [0.2, 0.25) is 0 Å². The van der Waals surface area contributed by atoms with Crippen molar-refractivity contribution < 1.29 is 9.53 Å². The summed E-state index contributed by atoms with van der Waals surface area (Å²) in [4.78, 5) is 11.8. The Hall–Kier alpha value is -2.35. The van der Waals surface area contributed by atoms with Crippen molar-refractivity contribution in [2.75, 3.05) is 7.11 Å². The van der Waals surface area contributed by atoms with Crippen LogP contribution in [-0.2, 0) is 11.2 Å². The van der Waals surface area contributed by atoms with Gasteiger partial charge in [-0.25, -0.2) is 4.79 Å². The fourth-order valence-corrected chi connectivity index (χ4v) is 2.86. The van der Waals surface area contributed by atoms with Crippen LogP contribution in [0.1, 0.15) is 39.0 Å². The molecule has 0 saturated heterocycles. The number of rotatable bonds is 2. The van der Waals surface area contributed by atoms with E-state index in [1.54, 1.807) is 0 Å². The van der Waals surface area contributed by atoms with Crippen molar-refractivity contribution >= 4 is 11.5 Å². The number of hydrogen-bond donors (Lipinski definition) is 0. The molecule has 0 unspecified atom stereocenters. The Balaban J connectivity index is 2.10. The van der Waals surface area contributed by atoms with Gasteiger partial charge in [0.05, 0.1) is 12.7 Å². The van der Waals surface area contributed by atoms with Crippen LogP contribution in [0.5, 0.6) is 0 Å². The Morgan fingerprint density at radius 3 is 2.76 bits per heavy atom. The Labute approximate surface area is 125 Å². The van der Waals surface area contributed by atoms with E-state index in [4.69, 9.17) is 4.74 Å². The summed E-state index contributed by atoms with van der Waals surface area (Å²) in [6, 6.07) is 14.3. The minimum atomic E-state index is -0.285. The summed E-state index contributed by atoms with van der Waals surface area (Å²) in [7, 11) is 1.42. The van der Waals surface area contributed by atoms with Crippen molar-refractivity contribution in [2.45, 2.75) is 19.8 Å². The van der Waals surface area contributed by atoms with Crippen LogP contribution in [0, 0.1) is 6.92 Å². The van der Waals surface area contributed by atoms with Crippen LogP contribution < -0.4 is 0 Å². The first-order valence-electron chi connectivity index (χ1n) is 7.18. The fourth-order valence-electron chi connectivity index (χ4n) is 2.86. The maximum absolute atomic E-state index is 11.8. The summed E-state index contributed by atoms with van der Waals surface area (Å²) in [6.07, 6.45) is 4.32. The zero-order valence-corrected chi connectivity index (χ0v) is 12.3. The van der Waals surface area contributed by atoms with E-state index in [-0.39, 0.29) is 5.97 Å². The SMILES string of the molecule is COC(=O)c1ccc2c(c1)C(c1cccc(C)c1)=CCC2. The molecule has 0 saturated carbocycles. The summed E-state index contributed by atoms with van der Waals surface area (Å²) >= 11 is 0. The standard InChI is InChI=1S/C19H18O2/c1-13-5-3-7-15(11-13)17-8-4-6-14-9-10-16(12-18(14)17)19(20)21-2/h3,5,7-12H,4,6H2,1-2H3. The van der Waals surface area contributed by atoms with Gasteiger partial charge < -0.3 is 4.74 Å². The second-order valence-electron chi connectivity index (χ2n) is 5.39. The predicted octanol–water partition coefficient (Wildman–Crippen LogP) is 4.16.